The molecule has 3 aromatic carbocycles. The first kappa shape index (κ1) is 23.8. The molecule has 0 saturated heterocycles. The lowest BCUT2D eigenvalue weighted by Crippen LogP contribution is -2.32. The minimum Gasteiger partial charge on any atom is -0.493 e. The quantitative estimate of drug-likeness (QED) is 0.423. The van der Waals surface area contributed by atoms with Crippen LogP contribution < -0.4 is 10.1 Å². The largest absolute Gasteiger partial charge is 0.493 e. The van der Waals surface area contributed by atoms with Gasteiger partial charge in [0.15, 0.2) is 0 Å². The van der Waals surface area contributed by atoms with E-state index in [2.05, 4.69) is 5.32 Å². The summed E-state index contributed by atoms with van der Waals surface area (Å²) in [6, 6.07) is 25.0. The SMILES string of the molecule is CCOc1ccccc1/C=C/C(=O)N(Cc1ccccc1)C(C)c1cccc(NC(C)=O)c1. The number of benzene rings is 3. The van der Waals surface area contributed by atoms with Gasteiger partial charge in [0.25, 0.3) is 0 Å². The standard InChI is InChI=1S/C28H30N2O3/c1-4-33-27-16-9-8-13-24(27)17-18-28(32)30(20-23-11-6-5-7-12-23)21(2)25-14-10-15-26(19-25)29-22(3)31/h5-19,21H,4,20H2,1-3H3,(H,29,31)/b18-17+. The van der Waals surface area contributed by atoms with Crippen LogP contribution in [0.5, 0.6) is 5.75 Å². The monoisotopic (exact) mass is 442 g/mol. The zero-order valence-electron chi connectivity index (χ0n) is 19.3. The first-order chi connectivity index (χ1) is 16.0. The van der Waals surface area contributed by atoms with Gasteiger partial charge in [0.1, 0.15) is 5.75 Å². The Morgan fingerprint density at radius 2 is 1.73 bits per heavy atom. The highest BCUT2D eigenvalue weighted by Gasteiger charge is 2.21. The number of carbonyl (C=O) groups is 2. The average molecular weight is 443 g/mol. The van der Waals surface area contributed by atoms with E-state index < -0.39 is 0 Å². The predicted molar refractivity (Wildman–Crippen MR) is 133 cm³/mol. The molecule has 5 heteroatoms. The van der Waals surface area contributed by atoms with Gasteiger partial charge in [-0.25, -0.2) is 0 Å². The van der Waals surface area contributed by atoms with E-state index in [-0.39, 0.29) is 17.9 Å². The smallest absolute Gasteiger partial charge is 0.247 e. The zero-order valence-corrected chi connectivity index (χ0v) is 19.3. The highest BCUT2D eigenvalue weighted by Crippen LogP contribution is 2.26. The Kier molecular flexibility index (Phi) is 8.42. The number of nitrogens with zero attached hydrogens (tertiary/aromatic N) is 1. The summed E-state index contributed by atoms with van der Waals surface area (Å²) in [5.74, 6) is 0.505. The fourth-order valence-corrected chi connectivity index (χ4v) is 3.61. The van der Waals surface area contributed by atoms with E-state index in [1.54, 1.807) is 12.2 Å². The van der Waals surface area contributed by atoms with Crippen LogP contribution in [-0.4, -0.2) is 23.3 Å². The highest BCUT2D eigenvalue weighted by atomic mass is 16.5. The number of anilines is 1. The van der Waals surface area contributed by atoms with E-state index in [9.17, 15) is 9.59 Å². The van der Waals surface area contributed by atoms with Crippen molar-refractivity contribution >= 4 is 23.6 Å². The third-order valence-corrected chi connectivity index (χ3v) is 5.26. The molecule has 0 spiro atoms. The topological polar surface area (TPSA) is 58.6 Å². The van der Waals surface area contributed by atoms with Crippen molar-refractivity contribution < 1.29 is 14.3 Å². The Bertz CT molecular complexity index is 1110. The third kappa shape index (κ3) is 6.81. The van der Waals surface area contributed by atoms with Crippen LogP contribution in [0.3, 0.4) is 0 Å². The Morgan fingerprint density at radius 1 is 1.00 bits per heavy atom. The van der Waals surface area contributed by atoms with Crippen LogP contribution in [0.15, 0.2) is 84.9 Å². The number of hydrogen-bond donors (Lipinski definition) is 1. The molecule has 0 saturated carbocycles. The third-order valence-electron chi connectivity index (χ3n) is 5.26. The molecule has 3 rings (SSSR count). The lowest BCUT2D eigenvalue weighted by Gasteiger charge is -2.29. The molecule has 5 nitrogen and oxygen atoms in total. The molecule has 0 fully saturated rings. The summed E-state index contributed by atoms with van der Waals surface area (Å²) < 4.78 is 5.68. The normalized spacial score (nSPS) is 11.7. The maximum absolute atomic E-state index is 13.4. The Hall–Kier alpha value is -3.86. The van der Waals surface area contributed by atoms with E-state index in [0.29, 0.717) is 18.8 Å². The van der Waals surface area contributed by atoms with Crippen molar-refractivity contribution in [2.75, 3.05) is 11.9 Å². The maximum atomic E-state index is 13.4. The van der Waals surface area contributed by atoms with Gasteiger partial charge in [0.05, 0.1) is 12.6 Å². The van der Waals surface area contributed by atoms with Gasteiger partial charge in [-0.15, -0.1) is 0 Å². The second kappa shape index (κ2) is 11.7. The van der Waals surface area contributed by atoms with Gasteiger partial charge in [-0.05, 0) is 49.2 Å². The summed E-state index contributed by atoms with van der Waals surface area (Å²) in [6.45, 7) is 6.43. The molecule has 0 aliphatic rings. The average Bonchev–Trinajstić information content (AvgIpc) is 2.82. The van der Waals surface area contributed by atoms with Gasteiger partial charge in [0.2, 0.25) is 11.8 Å². The molecule has 0 heterocycles. The lowest BCUT2D eigenvalue weighted by molar-refractivity contribution is -0.128. The summed E-state index contributed by atoms with van der Waals surface area (Å²) in [4.78, 5) is 26.7. The molecule has 0 aliphatic carbocycles. The molecule has 0 aliphatic heterocycles. The van der Waals surface area contributed by atoms with Crippen molar-refractivity contribution in [3.05, 3.63) is 102 Å². The van der Waals surface area contributed by atoms with Gasteiger partial charge in [-0.1, -0.05) is 60.7 Å². The van der Waals surface area contributed by atoms with Crippen LogP contribution in [0.2, 0.25) is 0 Å². The van der Waals surface area contributed by atoms with Crippen LogP contribution in [-0.2, 0) is 16.1 Å². The summed E-state index contributed by atoms with van der Waals surface area (Å²) >= 11 is 0. The van der Waals surface area contributed by atoms with Gasteiger partial charge < -0.3 is 15.0 Å². The fraction of sp³-hybridized carbons (Fsp3) is 0.214. The lowest BCUT2D eigenvalue weighted by atomic mass is 10.0. The second-order valence-corrected chi connectivity index (χ2v) is 7.74. The highest BCUT2D eigenvalue weighted by molar-refractivity contribution is 5.92. The molecule has 2 amide bonds. The molecule has 0 radical (unpaired) electrons. The van der Waals surface area contributed by atoms with E-state index >= 15 is 0 Å². The first-order valence-electron chi connectivity index (χ1n) is 11.1. The summed E-state index contributed by atoms with van der Waals surface area (Å²) in [7, 11) is 0. The summed E-state index contributed by atoms with van der Waals surface area (Å²) in [5, 5.41) is 2.81. The van der Waals surface area contributed by atoms with E-state index in [4.69, 9.17) is 4.74 Å². The van der Waals surface area contributed by atoms with Crippen molar-refractivity contribution in [1.82, 2.24) is 4.90 Å². The fourth-order valence-electron chi connectivity index (χ4n) is 3.61. The van der Waals surface area contributed by atoms with Crippen LogP contribution in [0, 0.1) is 0 Å². The van der Waals surface area contributed by atoms with Crippen molar-refractivity contribution in [2.24, 2.45) is 0 Å². The first-order valence-corrected chi connectivity index (χ1v) is 11.1. The number of ether oxygens (including phenoxy) is 1. The van der Waals surface area contributed by atoms with Crippen molar-refractivity contribution in [3.8, 4) is 5.75 Å². The van der Waals surface area contributed by atoms with Crippen molar-refractivity contribution in [3.63, 3.8) is 0 Å². The van der Waals surface area contributed by atoms with Gasteiger partial charge in [-0.3, -0.25) is 9.59 Å². The van der Waals surface area contributed by atoms with E-state index in [1.165, 1.54) is 6.92 Å². The maximum Gasteiger partial charge on any atom is 0.247 e. The van der Waals surface area contributed by atoms with E-state index in [0.717, 1.165) is 22.4 Å². The molecule has 1 atom stereocenters. The molecule has 3 aromatic rings. The van der Waals surface area contributed by atoms with Crippen LogP contribution in [0.4, 0.5) is 5.69 Å². The Labute approximate surface area is 195 Å². The number of hydrogen-bond acceptors (Lipinski definition) is 3. The Morgan fingerprint density at radius 3 is 2.45 bits per heavy atom. The summed E-state index contributed by atoms with van der Waals surface area (Å²) in [6.07, 6.45) is 3.39. The number of rotatable bonds is 9. The zero-order chi connectivity index (χ0) is 23.6. The van der Waals surface area contributed by atoms with Crippen LogP contribution >= 0.6 is 0 Å². The van der Waals surface area contributed by atoms with Crippen molar-refractivity contribution in [2.45, 2.75) is 33.4 Å². The number of para-hydroxylation sites is 1. The van der Waals surface area contributed by atoms with Gasteiger partial charge in [0, 0.05) is 30.8 Å². The molecule has 33 heavy (non-hydrogen) atoms. The molecular formula is C28H30N2O3. The van der Waals surface area contributed by atoms with Gasteiger partial charge >= 0.3 is 0 Å². The minimum atomic E-state index is -0.210. The Balaban J connectivity index is 1.89. The second-order valence-electron chi connectivity index (χ2n) is 7.74. The number of carbonyl (C=O) groups excluding carboxylic acids is 2. The summed E-state index contributed by atoms with van der Waals surface area (Å²) in [5.41, 5.74) is 3.54. The van der Waals surface area contributed by atoms with Gasteiger partial charge in [-0.2, -0.15) is 0 Å². The molecule has 0 bridgehead atoms. The molecular weight excluding hydrogens is 412 g/mol. The molecule has 1 unspecified atom stereocenters. The minimum absolute atomic E-state index is 0.109. The molecule has 170 valence electrons. The molecule has 1 N–H and O–H groups in total. The van der Waals surface area contributed by atoms with Crippen LogP contribution in [0.25, 0.3) is 6.08 Å². The van der Waals surface area contributed by atoms with E-state index in [1.807, 2.05) is 97.6 Å². The predicted octanol–water partition coefficient (Wildman–Crippen LogP) is 5.85. The van der Waals surface area contributed by atoms with Crippen LogP contribution in [0.1, 0.15) is 43.5 Å². The number of amides is 2. The van der Waals surface area contributed by atoms with Crippen molar-refractivity contribution in [1.29, 1.82) is 0 Å². The molecule has 0 aromatic heterocycles. The number of nitrogens with one attached hydrogen (secondary N) is 1.